The summed E-state index contributed by atoms with van der Waals surface area (Å²) < 4.78 is 5.77. The minimum Gasteiger partial charge on any atom is -0.457 e. The van der Waals surface area contributed by atoms with Crippen molar-refractivity contribution in [2.45, 2.75) is 37.8 Å². The molecule has 1 aromatic carbocycles. The summed E-state index contributed by atoms with van der Waals surface area (Å²) in [4.78, 5) is 15.6. The van der Waals surface area contributed by atoms with Gasteiger partial charge in [0.25, 0.3) is 0 Å². The Hall–Kier alpha value is -1.65. The monoisotopic (exact) mass is 327 g/mol. The van der Waals surface area contributed by atoms with Crippen molar-refractivity contribution in [1.29, 1.82) is 0 Å². The number of thiophene rings is 1. The number of carbonyl (C=O) groups excluding carboxylic acids is 1. The summed E-state index contributed by atoms with van der Waals surface area (Å²) >= 11 is 1.52. The Labute approximate surface area is 140 Å². The average molecular weight is 327 g/mol. The van der Waals surface area contributed by atoms with Gasteiger partial charge in [-0.2, -0.15) is 0 Å². The van der Waals surface area contributed by atoms with Gasteiger partial charge in [0.05, 0.1) is 0 Å². The Morgan fingerprint density at radius 2 is 2.00 bits per heavy atom. The van der Waals surface area contributed by atoms with Gasteiger partial charge in [0.1, 0.15) is 11.0 Å². The molecule has 0 radical (unpaired) electrons. The topological polar surface area (TPSA) is 29.5 Å². The second kappa shape index (κ2) is 6.46. The summed E-state index contributed by atoms with van der Waals surface area (Å²) in [6.07, 6.45) is 3.39. The minimum absolute atomic E-state index is 0.0281. The molecule has 1 saturated heterocycles. The first kappa shape index (κ1) is 14.9. The fourth-order valence-electron chi connectivity index (χ4n) is 3.28. The highest BCUT2D eigenvalue weighted by atomic mass is 32.1. The Bertz CT molecular complexity index is 678. The van der Waals surface area contributed by atoms with Crippen LogP contribution in [0.15, 0.2) is 41.8 Å². The molecule has 0 bridgehead atoms. The number of benzene rings is 1. The van der Waals surface area contributed by atoms with Crippen LogP contribution in [-0.2, 0) is 11.3 Å². The molecule has 1 saturated carbocycles. The van der Waals surface area contributed by atoms with E-state index >= 15 is 0 Å². The van der Waals surface area contributed by atoms with E-state index in [1.54, 1.807) is 0 Å². The van der Waals surface area contributed by atoms with Crippen LogP contribution in [0.25, 0.3) is 0 Å². The number of nitrogens with zero attached hydrogens (tertiary/aromatic N) is 1. The minimum atomic E-state index is -0.117. The molecule has 2 heterocycles. The first-order valence-corrected chi connectivity index (χ1v) is 9.22. The summed E-state index contributed by atoms with van der Waals surface area (Å²) in [6, 6.07) is 12.6. The maximum absolute atomic E-state index is 12.4. The smallest absolute Gasteiger partial charge is 0.348 e. The van der Waals surface area contributed by atoms with Crippen LogP contribution in [0.1, 0.15) is 46.0 Å². The zero-order valence-electron chi connectivity index (χ0n) is 13.1. The quantitative estimate of drug-likeness (QED) is 0.776. The van der Waals surface area contributed by atoms with Crippen LogP contribution in [0.2, 0.25) is 0 Å². The lowest BCUT2D eigenvalue weighted by Crippen LogP contribution is -2.24. The van der Waals surface area contributed by atoms with Gasteiger partial charge in [0, 0.05) is 19.6 Å². The van der Waals surface area contributed by atoms with Gasteiger partial charge in [0.15, 0.2) is 0 Å². The molecule has 4 heteroatoms. The normalized spacial score (nSPS) is 21.5. The standard InChI is InChI=1S/C19H21NO2S/c21-19(18-17(9-11-23-18)15-6-7-15)22-16-8-10-20(13-16)12-14-4-2-1-3-5-14/h1-5,9,11,15-16H,6-8,10,12-13H2/t16-/m1/s1. The third-order valence-electron chi connectivity index (χ3n) is 4.65. The summed E-state index contributed by atoms with van der Waals surface area (Å²) in [6.45, 7) is 2.76. The fraction of sp³-hybridized carbons (Fsp3) is 0.421. The van der Waals surface area contributed by atoms with Crippen molar-refractivity contribution in [2.24, 2.45) is 0 Å². The molecular formula is C19H21NO2S. The molecule has 0 unspecified atom stereocenters. The molecule has 2 aliphatic rings. The molecule has 0 amide bonds. The third-order valence-corrected chi connectivity index (χ3v) is 5.56. The van der Waals surface area contributed by atoms with Crippen molar-refractivity contribution >= 4 is 17.3 Å². The lowest BCUT2D eigenvalue weighted by Gasteiger charge is -2.16. The summed E-state index contributed by atoms with van der Waals surface area (Å²) in [5.74, 6) is 0.482. The molecule has 1 atom stereocenters. The van der Waals surface area contributed by atoms with Crippen molar-refractivity contribution in [2.75, 3.05) is 13.1 Å². The van der Waals surface area contributed by atoms with Crippen molar-refractivity contribution in [3.05, 3.63) is 57.8 Å². The van der Waals surface area contributed by atoms with E-state index in [0.717, 1.165) is 30.9 Å². The predicted octanol–water partition coefficient (Wildman–Crippen LogP) is 4.06. The van der Waals surface area contributed by atoms with Crippen LogP contribution in [-0.4, -0.2) is 30.1 Å². The number of ether oxygens (including phenoxy) is 1. The van der Waals surface area contributed by atoms with Crippen LogP contribution < -0.4 is 0 Å². The Kier molecular flexibility index (Phi) is 4.19. The highest BCUT2D eigenvalue weighted by Crippen LogP contribution is 2.43. The molecule has 23 heavy (non-hydrogen) atoms. The van der Waals surface area contributed by atoms with E-state index < -0.39 is 0 Å². The predicted molar refractivity (Wildman–Crippen MR) is 91.8 cm³/mol. The van der Waals surface area contributed by atoms with Gasteiger partial charge in [-0.25, -0.2) is 4.79 Å². The number of hydrogen-bond acceptors (Lipinski definition) is 4. The van der Waals surface area contributed by atoms with Crippen LogP contribution in [0, 0.1) is 0 Å². The van der Waals surface area contributed by atoms with E-state index in [9.17, 15) is 4.79 Å². The average Bonchev–Trinajstić information content (AvgIpc) is 3.12. The van der Waals surface area contributed by atoms with E-state index in [2.05, 4.69) is 35.2 Å². The van der Waals surface area contributed by atoms with Crippen molar-refractivity contribution < 1.29 is 9.53 Å². The van der Waals surface area contributed by atoms with Crippen molar-refractivity contribution in [1.82, 2.24) is 4.90 Å². The van der Waals surface area contributed by atoms with Gasteiger partial charge in [-0.15, -0.1) is 11.3 Å². The number of carbonyl (C=O) groups is 1. The van der Waals surface area contributed by atoms with Crippen LogP contribution in [0.3, 0.4) is 0 Å². The molecule has 1 aliphatic carbocycles. The van der Waals surface area contributed by atoms with Crippen LogP contribution in [0.5, 0.6) is 0 Å². The SMILES string of the molecule is O=C(O[C@@H]1CCN(Cc2ccccc2)C1)c1sccc1C1CC1. The van der Waals surface area contributed by atoms with Gasteiger partial charge < -0.3 is 4.74 Å². The number of rotatable bonds is 5. The van der Waals surface area contributed by atoms with Crippen molar-refractivity contribution in [3.63, 3.8) is 0 Å². The van der Waals surface area contributed by atoms with Gasteiger partial charge in [0.2, 0.25) is 0 Å². The third kappa shape index (κ3) is 3.48. The molecule has 120 valence electrons. The summed E-state index contributed by atoms with van der Waals surface area (Å²) in [7, 11) is 0. The zero-order valence-corrected chi connectivity index (χ0v) is 13.9. The Morgan fingerprint density at radius 3 is 2.78 bits per heavy atom. The zero-order chi connectivity index (χ0) is 15.6. The summed E-state index contributed by atoms with van der Waals surface area (Å²) in [5, 5.41) is 2.01. The Morgan fingerprint density at radius 1 is 1.17 bits per heavy atom. The van der Waals surface area contributed by atoms with E-state index in [4.69, 9.17) is 4.74 Å². The molecule has 1 aromatic heterocycles. The largest absolute Gasteiger partial charge is 0.457 e. The van der Waals surface area contributed by atoms with Gasteiger partial charge in [-0.1, -0.05) is 30.3 Å². The van der Waals surface area contributed by atoms with Gasteiger partial charge >= 0.3 is 5.97 Å². The first-order valence-electron chi connectivity index (χ1n) is 8.34. The second-order valence-corrected chi connectivity index (χ2v) is 7.43. The molecule has 4 rings (SSSR count). The molecule has 0 N–H and O–H groups in total. The van der Waals surface area contributed by atoms with Crippen LogP contribution in [0.4, 0.5) is 0 Å². The van der Waals surface area contributed by atoms with E-state index in [-0.39, 0.29) is 12.1 Å². The molecule has 2 aromatic rings. The fourth-order valence-corrected chi connectivity index (χ4v) is 4.15. The highest BCUT2D eigenvalue weighted by molar-refractivity contribution is 7.12. The maximum atomic E-state index is 12.4. The number of esters is 1. The molecule has 1 aliphatic heterocycles. The molecule has 2 fully saturated rings. The Balaban J connectivity index is 1.33. The van der Waals surface area contributed by atoms with Gasteiger partial charge in [-0.05, 0) is 47.8 Å². The highest BCUT2D eigenvalue weighted by Gasteiger charge is 2.31. The lowest BCUT2D eigenvalue weighted by atomic mass is 10.2. The maximum Gasteiger partial charge on any atom is 0.348 e. The first-order chi connectivity index (χ1) is 11.3. The van der Waals surface area contributed by atoms with Gasteiger partial charge in [-0.3, -0.25) is 4.90 Å². The molecule has 0 spiro atoms. The lowest BCUT2D eigenvalue weighted by molar-refractivity contribution is 0.0325. The van der Waals surface area contributed by atoms with Crippen LogP contribution >= 0.6 is 11.3 Å². The second-order valence-electron chi connectivity index (χ2n) is 6.52. The van der Waals surface area contributed by atoms with E-state index in [1.165, 1.54) is 35.3 Å². The van der Waals surface area contributed by atoms with E-state index in [0.29, 0.717) is 5.92 Å². The number of likely N-dealkylation sites (tertiary alicyclic amines) is 1. The van der Waals surface area contributed by atoms with E-state index in [1.807, 2.05) is 11.4 Å². The van der Waals surface area contributed by atoms with Crippen molar-refractivity contribution in [3.8, 4) is 0 Å². The summed E-state index contributed by atoms with van der Waals surface area (Å²) in [5.41, 5.74) is 2.52. The number of hydrogen-bond donors (Lipinski definition) is 0. The molecular weight excluding hydrogens is 306 g/mol. The molecule has 3 nitrogen and oxygen atoms in total.